The van der Waals surface area contributed by atoms with Gasteiger partial charge in [0.25, 0.3) is 0 Å². The standard InChI is InChI=1S/C25H22BrNO4S/c1-15-24-17(13-27(14-30-24)8-7-19-4-3-9-32-19)11-20-23(28)22(31-25(15)20)12-16-10-18(26)5-6-21(16)29-2/h3-6,9-12H,7-8,13-14H2,1-2H3/b22-12-. The molecule has 0 saturated carbocycles. The van der Waals surface area contributed by atoms with Crippen molar-refractivity contribution < 1.29 is 19.0 Å². The number of halogens is 1. The minimum atomic E-state index is -0.122. The van der Waals surface area contributed by atoms with Gasteiger partial charge in [0.05, 0.1) is 12.7 Å². The molecule has 164 valence electrons. The molecule has 32 heavy (non-hydrogen) atoms. The molecule has 0 N–H and O–H groups in total. The average molecular weight is 512 g/mol. The first-order valence-corrected chi connectivity index (χ1v) is 12.0. The van der Waals surface area contributed by atoms with E-state index in [2.05, 4.69) is 38.3 Å². The molecule has 0 aliphatic carbocycles. The molecule has 0 radical (unpaired) electrons. The highest BCUT2D eigenvalue weighted by Crippen LogP contribution is 2.43. The van der Waals surface area contributed by atoms with Crippen molar-refractivity contribution in [3.63, 3.8) is 0 Å². The summed E-state index contributed by atoms with van der Waals surface area (Å²) in [4.78, 5) is 16.8. The van der Waals surface area contributed by atoms with Crippen molar-refractivity contribution in [2.45, 2.75) is 19.9 Å². The van der Waals surface area contributed by atoms with Gasteiger partial charge in [0, 0.05) is 39.1 Å². The third-order valence-electron chi connectivity index (χ3n) is 5.73. The monoisotopic (exact) mass is 511 g/mol. The Kier molecular flexibility index (Phi) is 5.80. The minimum absolute atomic E-state index is 0.122. The number of methoxy groups -OCH3 is 1. The number of hydrogen-bond acceptors (Lipinski definition) is 6. The van der Waals surface area contributed by atoms with Crippen molar-refractivity contribution in [3.05, 3.63) is 79.1 Å². The highest BCUT2D eigenvalue weighted by atomic mass is 79.9. The highest BCUT2D eigenvalue weighted by molar-refractivity contribution is 9.10. The molecular weight excluding hydrogens is 490 g/mol. The van der Waals surface area contributed by atoms with E-state index in [0.717, 1.165) is 46.4 Å². The largest absolute Gasteiger partial charge is 0.496 e. The first kappa shape index (κ1) is 21.2. The summed E-state index contributed by atoms with van der Waals surface area (Å²) in [7, 11) is 1.61. The van der Waals surface area contributed by atoms with E-state index in [0.29, 0.717) is 23.8 Å². The second kappa shape index (κ2) is 8.73. The van der Waals surface area contributed by atoms with E-state index in [1.54, 1.807) is 24.5 Å². The number of allylic oxidation sites excluding steroid dienone is 1. The first-order chi connectivity index (χ1) is 15.5. The quantitative estimate of drug-likeness (QED) is 0.402. The van der Waals surface area contributed by atoms with Crippen molar-refractivity contribution in [1.82, 2.24) is 4.90 Å². The molecule has 0 fully saturated rings. The molecular formula is C25H22BrNO4S. The van der Waals surface area contributed by atoms with Crippen LogP contribution in [0.1, 0.15) is 31.9 Å². The fourth-order valence-electron chi connectivity index (χ4n) is 4.12. The Morgan fingerprint density at radius 1 is 1.25 bits per heavy atom. The van der Waals surface area contributed by atoms with Crippen molar-refractivity contribution in [3.8, 4) is 17.2 Å². The summed E-state index contributed by atoms with van der Waals surface area (Å²) in [5.41, 5.74) is 3.26. The van der Waals surface area contributed by atoms with Crippen molar-refractivity contribution >= 4 is 39.1 Å². The molecule has 1 aromatic heterocycles. The lowest BCUT2D eigenvalue weighted by Gasteiger charge is -2.30. The Morgan fingerprint density at radius 2 is 2.12 bits per heavy atom. The van der Waals surface area contributed by atoms with Crippen LogP contribution in [0, 0.1) is 6.92 Å². The number of nitrogens with zero attached hydrogens (tertiary/aromatic N) is 1. The molecule has 2 aliphatic heterocycles. The van der Waals surface area contributed by atoms with Crippen molar-refractivity contribution in [1.29, 1.82) is 0 Å². The van der Waals surface area contributed by atoms with Gasteiger partial charge >= 0.3 is 0 Å². The smallest absolute Gasteiger partial charge is 0.231 e. The van der Waals surface area contributed by atoms with Crippen molar-refractivity contribution in [2.75, 3.05) is 20.4 Å². The molecule has 3 aromatic rings. The Hall–Kier alpha value is -2.61. The Morgan fingerprint density at radius 3 is 2.91 bits per heavy atom. The number of carbonyl (C=O) groups is 1. The van der Waals surface area contributed by atoms with E-state index >= 15 is 0 Å². The summed E-state index contributed by atoms with van der Waals surface area (Å²) in [6.45, 7) is 4.15. The van der Waals surface area contributed by atoms with Crippen LogP contribution < -0.4 is 14.2 Å². The molecule has 0 saturated heterocycles. The van der Waals surface area contributed by atoms with E-state index in [9.17, 15) is 4.79 Å². The molecule has 0 atom stereocenters. The van der Waals surface area contributed by atoms with Crippen LogP contribution in [-0.2, 0) is 13.0 Å². The molecule has 0 bridgehead atoms. The summed E-state index contributed by atoms with van der Waals surface area (Å²) in [5.74, 6) is 2.25. The van der Waals surface area contributed by atoms with Gasteiger partial charge in [-0.15, -0.1) is 11.3 Å². The van der Waals surface area contributed by atoms with Crippen LogP contribution in [0.5, 0.6) is 17.2 Å². The Bertz CT molecular complexity index is 1220. The Balaban J connectivity index is 1.41. The maximum absolute atomic E-state index is 13.2. The number of ketones is 1. The lowest BCUT2D eigenvalue weighted by molar-refractivity contribution is 0.0956. The van der Waals surface area contributed by atoms with Crippen LogP contribution in [0.25, 0.3) is 6.08 Å². The van der Waals surface area contributed by atoms with Gasteiger partial charge in [-0.25, -0.2) is 0 Å². The summed E-state index contributed by atoms with van der Waals surface area (Å²) in [6.07, 6.45) is 2.72. The normalized spacial score (nSPS) is 16.5. The second-order valence-corrected chi connectivity index (χ2v) is 9.80. The van der Waals surface area contributed by atoms with Gasteiger partial charge in [0.1, 0.15) is 24.0 Å². The van der Waals surface area contributed by atoms with E-state index < -0.39 is 0 Å². The van der Waals surface area contributed by atoms with Gasteiger partial charge in [0.2, 0.25) is 5.78 Å². The van der Waals surface area contributed by atoms with Crippen LogP contribution in [0.15, 0.2) is 52.0 Å². The number of hydrogen-bond donors (Lipinski definition) is 0. The maximum Gasteiger partial charge on any atom is 0.231 e. The fraction of sp³-hybridized carbons (Fsp3) is 0.240. The first-order valence-electron chi connectivity index (χ1n) is 10.4. The SMILES string of the molecule is COc1ccc(Br)cc1/C=C1\Oc2c(cc3c(c2C)OCN(CCc2cccs2)C3)C1=O. The second-order valence-electron chi connectivity index (χ2n) is 7.85. The molecule has 0 amide bonds. The minimum Gasteiger partial charge on any atom is -0.496 e. The van der Waals surface area contributed by atoms with Gasteiger partial charge in [-0.3, -0.25) is 9.69 Å². The number of rotatable bonds is 5. The van der Waals surface area contributed by atoms with Gasteiger partial charge in [-0.1, -0.05) is 22.0 Å². The molecule has 0 spiro atoms. The maximum atomic E-state index is 13.2. The fourth-order valence-corrected chi connectivity index (χ4v) is 5.20. The molecule has 5 nitrogen and oxygen atoms in total. The zero-order valence-electron chi connectivity index (χ0n) is 17.8. The zero-order valence-corrected chi connectivity index (χ0v) is 20.2. The Labute approximate surface area is 199 Å². The molecule has 3 heterocycles. The van der Waals surface area contributed by atoms with E-state index in [1.165, 1.54) is 4.88 Å². The predicted octanol–water partition coefficient (Wildman–Crippen LogP) is 5.84. The summed E-state index contributed by atoms with van der Waals surface area (Å²) < 4.78 is 18.5. The molecule has 7 heteroatoms. The van der Waals surface area contributed by atoms with Gasteiger partial charge in [0.15, 0.2) is 5.76 Å². The molecule has 2 aromatic carbocycles. The number of carbonyl (C=O) groups excluding carboxylic acids is 1. The van der Waals surface area contributed by atoms with E-state index in [4.69, 9.17) is 14.2 Å². The van der Waals surface area contributed by atoms with Crippen LogP contribution >= 0.6 is 27.3 Å². The third kappa shape index (κ3) is 3.96. The number of ether oxygens (including phenoxy) is 3. The molecule has 2 aliphatic rings. The molecule has 5 rings (SSSR count). The van der Waals surface area contributed by atoms with Crippen LogP contribution in [0.2, 0.25) is 0 Å². The van der Waals surface area contributed by atoms with Gasteiger partial charge in [-0.05, 0) is 55.1 Å². The third-order valence-corrected chi connectivity index (χ3v) is 7.16. The molecule has 0 unspecified atom stereocenters. The lowest BCUT2D eigenvalue weighted by atomic mass is 10.00. The predicted molar refractivity (Wildman–Crippen MR) is 129 cm³/mol. The lowest BCUT2D eigenvalue weighted by Crippen LogP contribution is -2.34. The topological polar surface area (TPSA) is 48.0 Å². The summed E-state index contributed by atoms with van der Waals surface area (Å²) in [6, 6.07) is 11.8. The van der Waals surface area contributed by atoms with Gasteiger partial charge in [-0.2, -0.15) is 0 Å². The number of Topliss-reactive ketones (excluding diaryl/α,β-unsaturated/α-hetero) is 1. The zero-order chi connectivity index (χ0) is 22.2. The van der Waals surface area contributed by atoms with Gasteiger partial charge < -0.3 is 14.2 Å². The highest BCUT2D eigenvalue weighted by Gasteiger charge is 2.33. The van der Waals surface area contributed by atoms with E-state index in [1.807, 2.05) is 31.2 Å². The summed E-state index contributed by atoms with van der Waals surface area (Å²) in [5, 5.41) is 2.10. The summed E-state index contributed by atoms with van der Waals surface area (Å²) >= 11 is 5.25. The van der Waals surface area contributed by atoms with Crippen LogP contribution in [0.3, 0.4) is 0 Å². The average Bonchev–Trinajstić information content (AvgIpc) is 3.42. The number of fused-ring (bicyclic) bond motifs is 2. The van der Waals surface area contributed by atoms with Crippen LogP contribution in [0.4, 0.5) is 0 Å². The van der Waals surface area contributed by atoms with Crippen molar-refractivity contribution in [2.24, 2.45) is 0 Å². The number of thiophene rings is 1. The number of benzene rings is 2. The van der Waals surface area contributed by atoms with E-state index in [-0.39, 0.29) is 11.5 Å². The van der Waals surface area contributed by atoms with Crippen LogP contribution in [-0.4, -0.2) is 31.1 Å².